The Balaban J connectivity index is 4.59. The zero-order valence-corrected chi connectivity index (χ0v) is 35.5. The Kier molecular flexibility index (Phi) is 35.8. The maximum atomic E-state index is 12.6. The highest BCUT2D eigenvalue weighted by atomic mass is 31.2. The van der Waals surface area contributed by atoms with Crippen molar-refractivity contribution in [2.24, 2.45) is 5.73 Å². The number of rotatable bonds is 38. The molecule has 12 nitrogen and oxygen atoms in total. The van der Waals surface area contributed by atoms with Crippen molar-refractivity contribution in [2.45, 2.75) is 161 Å². The maximum Gasteiger partial charge on any atom is 0.472 e. The van der Waals surface area contributed by atoms with Crippen molar-refractivity contribution in [1.82, 2.24) is 0 Å². The molecule has 0 aliphatic heterocycles. The van der Waals surface area contributed by atoms with Crippen molar-refractivity contribution in [2.75, 3.05) is 19.8 Å². The largest absolute Gasteiger partial charge is 0.480 e. The smallest absolute Gasteiger partial charge is 0.472 e. The van der Waals surface area contributed by atoms with Gasteiger partial charge in [-0.25, -0.2) is 4.57 Å². The van der Waals surface area contributed by atoms with Crippen molar-refractivity contribution in [3.05, 3.63) is 72.9 Å². The number of phosphoric acid groups is 1. The lowest BCUT2D eigenvalue weighted by atomic mass is 10.1. The number of ether oxygens (including phenoxy) is 2. The molecule has 0 aromatic heterocycles. The molecule has 0 aliphatic carbocycles. The van der Waals surface area contributed by atoms with Gasteiger partial charge in [0, 0.05) is 19.3 Å². The van der Waals surface area contributed by atoms with Gasteiger partial charge in [-0.15, -0.1) is 0 Å². The van der Waals surface area contributed by atoms with Crippen LogP contribution in [-0.4, -0.2) is 65.7 Å². The molecule has 0 amide bonds. The highest BCUT2D eigenvalue weighted by Gasteiger charge is 2.28. The Morgan fingerprint density at radius 1 is 0.596 bits per heavy atom. The van der Waals surface area contributed by atoms with Gasteiger partial charge in [0.1, 0.15) is 12.6 Å². The molecule has 3 atom stereocenters. The van der Waals surface area contributed by atoms with Crippen LogP contribution in [-0.2, 0) is 42.3 Å². The van der Waals surface area contributed by atoms with E-state index in [0.717, 1.165) is 64.2 Å². The number of hydrogen-bond acceptors (Lipinski definition) is 10. The lowest BCUT2D eigenvalue weighted by Crippen LogP contribution is -2.34. The lowest BCUT2D eigenvalue weighted by molar-refractivity contribution is -0.161. The van der Waals surface area contributed by atoms with E-state index in [2.05, 4.69) is 60.9 Å². The first-order chi connectivity index (χ1) is 27.5. The van der Waals surface area contributed by atoms with Crippen molar-refractivity contribution in [3.63, 3.8) is 0 Å². The summed E-state index contributed by atoms with van der Waals surface area (Å²) in [5.41, 5.74) is 5.31. The van der Waals surface area contributed by atoms with Crippen LogP contribution in [0.3, 0.4) is 0 Å². The summed E-state index contributed by atoms with van der Waals surface area (Å²) < 4.78 is 32.5. The summed E-state index contributed by atoms with van der Waals surface area (Å²) in [4.78, 5) is 57.9. The number of unbranched alkanes of at least 4 members (excludes halogenated alkanes) is 11. The minimum atomic E-state index is -4.76. The Labute approximate surface area is 342 Å². The molecule has 1 unspecified atom stereocenters. The van der Waals surface area contributed by atoms with Crippen molar-refractivity contribution in [3.8, 4) is 0 Å². The Hall–Kier alpha value is -3.41. The SMILES string of the molecule is CCCCC/C=C\C=C\C(=O)CCCCCCCC(=O)OC[C@H](COP(=O)(O)OC[C@H](N)C(=O)O)OC(=O)CCC/C=C\C/C=C\C/C=C\C/C=C\CCCCC. The van der Waals surface area contributed by atoms with E-state index in [1.807, 2.05) is 18.2 Å². The molecule has 0 fully saturated rings. The van der Waals surface area contributed by atoms with Crippen LogP contribution in [0.1, 0.15) is 149 Å². The van der Waals surface area contributed by atoms with E-state index in [-0.39, 0.29) is 18.6 Å². The van der Waals surface area contributed by atoms with Crippen LogP contribution in [0.15, 0.2) is 72.9 Å². The van der Waals surface area contributed by atoms with Gasteiger partial charge < -0.3 is 25.2 Å². The van der Waals surface area contributed by atoms with Crippen LogP contribution in [0.2, 0.25) is 0 Å². The fourth-order valence-electron chi connectivity index (χ4n) is 5.04. The zero-order chi connectivity index (χ0) is 42.2. The molecule has 0 radical (unpaired) electrons. The van der Waals surface area contributed by atoms with Gasteiger partial charge in [-0.05, 0) is 76.7 Å². The van der Waals surface area contributed by atoms with Gasteiger partial charge in [-0.1, -0.05) is 126 Å². The van der Waals surface area contributed by atoms with Gasteiger partial charge >= 0.3 is 25.7 Å². The average Bonchev–Trinajstić information content (AvgIpc) is 3.18. The van der Waals surface area contributed by atoms with E-state index in [4.69, 9.17) is 24.8 Å². The van der Waals surface area contributed by atoms with Gasteiger partial charge in [-0.2, -0.15) is 0 Å². The first-order valence-electron chi connectivity index (χ1n) is 20.9. The normalized spacial score (nSPS) is 14.4. The molecule has 13 heteroatoms. The summed E-state index contributed by atoms with van der Waals surface area (Å²) in [6, 6.07) is -1.55. The van der Waals surface area contributed by atoms with Crippen LogP contribution >= 0.6 is 7.82 Å². The molecule has 0 saturated heterocycles. The second-order valence-corrected chi connectivity index (χ2v) is 15.3. The van der Waals surface area contributed by atoms with Crippen molar-refractivity contribution >= 4 is 31.5 Å². The van der Waals surface area contributed by atoms with Crippen LogP contribution in [0, 0.1) is 0 Å². The van der Waals surface area contributed by atoms with Crippen LogP contribution in [0.25, 0.3) is 0 Å². The van der Waals surface area contributed by atoms with Gasteiger partial charge in [0.15, 0.2) is 11.9 Å². The van der Waals surface area contributed by atoms with E-state index in [1.54, 1.807) is 12.2 Å². The van der Waals surface area contributed by atoms with Gasteiger partial charge in [-0.3, -0.25) is 28.2 Å². The minimum absolute atomic E-state index is 0.0568. The van der Waals surface area contributed by atoms with E-state index in [9.17, 15) is 28.6 Å². The number of carboxylic acids is 1. The molecule has 0 bridgehead atoms. The number of carboxylic acid groups (broad SMARTS) is 1. The van der Waals surface area contributed by atoms with E-state index >= 15 is 0 Å². The summed E-state index contributed by atoms with van der Waals surface area (Å²) in [7, 11) is -4.76. The molecule has 0 rings (SSSR count). The zero-order valence-electron chi connectivity index (χ0n) is 34.6. The van der Waals surface area contributed by atoms with E-state index < -0.39 is 57.7 Å². The van der Waals surface area contributed by atoms with Crippen molar-refractivity contribution < 1.29 is 52.3 Å². The van der Waals surface area contributed by atoms with E-state index in [0.29, 0.717) is 25.7 Å². The third kappa shape index (κ3) is 37.9. The third-order valence-electron chi connectivity index (χ3n) is 8.40. The fraction of sp³-hybridized carbons (Fsp3) is 0.636. The molecule has 0 aliphatic rings. The molecule has 0 saturated carbocycles. The molecular weight excluding hydrogens is 749 g/mol. The number of allylic oxidation sites excluding steroid dienone is 12. The standard InChI is InChI=1S/C44H72NO11P/c1-3-5-7-9-11-12-13-14-15-16-17-18-19-20-22-26-31-35-43(48)56-40(37-54-57(51,52)55-38-41(45)44(49)50)36-53-42(47)34-30-27-23-25-29-33-39(46)32-28-24-21-10-8-6-4-2/h11-12,14-15,17-18,20-22,24,28,32,40-41H,3-10,13,16,19,23,25-27,29-31,33-38,45H2,1-2H3,(H,49,50)(H,51,52)/b12-11-,15-14-,18-17-,22-20-,24-21-,32-28+/t40-,41+/m1/s1. The van der Waals surface area contributed by atoms with E-state index in [1.165, 1.54) is 32.1 Å². The fourth-order valence-corrected chi connectivity index (χ4v) is 5.81. The van der Waals surface area contributed by atoms with Crippen LogP contribution < -0.4 is 5.73 Å². The predicted octanol–water partition coefficient (Wildman–Crippen LogP) is 10.1. The van der Waals surface area contributed by atoms with Crippen molar-refractivity contribution in [1.29, 1.82) is 0 Å². The number of carbonyl (C=O) groups is 4. The molecular formula is C44H72NO11P. The first kappa shape index (κ1) is 53.6. The minimum Gasteiger partial charge on any atom is -0.480 e. The highest BCUT2D eigenvalue weighted by Crippen LogP contribution is 2.43. The second-order valence-electron chi connectivity index (χ2n) is 13.8. The summed E-state index contributed by atoms with van der Waals surface area (Å²) >= 11 is 0. The number of phosphoric ester groups is 1. The first-order valence-corrected chi connectivity index (χ1v) is 22.4. The second kappa shape index (κ2) is 38.1. The quantitative estimate of drug-likeness (QED) is 0.0134. The number of ketones is 1. The highest BCUT2D eigenvalue weighted by molar-refractivity contribution is 7.47. The summed E-state index contributed by atoms with van der Waals surface area (Å²) in [6.45, 7) is 2.52. The average molecular weight is 822 g/mol. The summed E-state index contributed by atoms with van der Waals surface area (Å²) in [5.74, 6) is -2.48. The third-order valence-corrected chi connectivity index (χ3v) is 9.35. The number of carbonyl (C=O) groups excluding carboxylic acids is 3. The summed E-state index contributed by atoms with van der Waals surface area (Å²) in [6.07, 6.45) is 40.8. The Morgan fingerprint density at radius 2 is 1.11 bits per heavy atom. The van der Waals surface area contributed by atoms with Crippen LogP contribution in [0.4, 0.5) is 0 Å². The topological polar surface area (TPSA) is 189 Å². The molecule has 0 aromatic rings. The van der Waals surface area contributed by atoms with Gasteiger partial charge in [0.25, 0.3) is 0 Å². The number of aliphatic carboxylic acids is 1. The summed E-state index contributed by atoms with van der Waals surface area (Å²) in [5, 5.41) is 8.88. The number of hydrogen-bond donors (Lipinski definition) is 3. The predicted molar refractivity (Wildman–Crippen MR) is 226 cm³/mol. The van der Waals surface area contributed by atoms with Crippen LogP contribution in [0.5, 0.6) is 0 Å². The molecule has 4 N–H and O–H groups in total. The molecule has 57 heavy (non-hydrogen) atoms. The van der Waals surface area contributed by atoms with Gasteiger partial charge in [0.05, 0.1) is 13.2 Å². The lowest BCUT2D eigenvalue weighted by Gasteiger charge is -2.20. The molecule has 0 heterocycles. The molecule has 0 spiro atoms. The Morgan fingerprint density at radius 3 is 1.70 bits per heavy atom. The van der Waals surface area contributed by atoms with Gasteiger partial charge in [0.2, 0.25) is 0 Å². The number of nitrogens with two attached hydrogens (primary N) is 1. The maximum absolute atomic E-state index is 12.6. The Bertz CT molecular complexity index is 1300. The molecule has 324 valence electrons. The molecule has 0 aromatic carbocycles. The number of esters is 2. The monoisotopic (exact) mass is 821 g/mol.